The molecular weight excluding hydrogens is 256 g/mol. The molecule has 0 amide bonds. The van der Waals surface area contributed by atoms with Gasteiger partial charge in [0.15, 0.2) is 17.4 Å². The lowest BCUT2D eigenvalue weighted by Gasteiger charge is -2.16. The second-order valence-corrected chi connectivity index (χ2v) is 4.68. The number of rotatable bonds is 5. The van der Waals surface area contributed by atoms with Gasteiger partial charge in [-0.3, -0.25) is 0 Å². The Labute approximate surface area is 118 Å². The molecule has 4 nitrogen and oxygen atoms in total. The molecule has 0 aliphatic rings. The Bertz CT molecular complexity index is 612. The van der Waals surface area contributed by atoms with Crippen LogP contribution in [0.25, 0.3) is 11.0 Å². The number of carbonyl (C=O) groups is 1. The third-order valence-electron chi connectivity index (χ3n) is 3.36. The van der Waals surface area contributed by atoms with E-state index in [1.54, 1.807) is 6.92 Å². The van der Waals surface area contributed by atoms with Crippen molar-refractivity contribution in [3.05, 3.63) is 29.5 Å². The monoisotopic (exact) mass is 276 g/mol. The normalized spacial score (nSPS) is 12.4. The van der Waals surface area contributed by atoms with Crippen LogP contribution in [0.15, 0.2) is 22.6 Å². The van der Waals surface area contributed by atoms with Gasteiger partial charge in [-0.1, -0.05) is 19.1 Å². The Morgan fingerprint density at radius 3 is 2.70 bits per heavy atom. The molecule has 108 valence electrons. The van der Waals surface area contributed by atoms with E-state index in [1.165, 1.54) is 0 Å². The molecule has 1 aromatic heterocycles. The fraction of sp³-hybridized carbons (Fsp3) is 0.438. The summed E-state index contributed by atoms with van der Waals surface area (Å²) in [7, 11) is 0. The molecule has 2 aromatic rings. The fourth-order valence-electron chi connectivity index (χ4n) is 2.12. The molecular formula is C16H20O4. The molecule has 0 aliphatic carbocycles. The first kappa shape index (κ1) is 14.4. The first-order valence-corrected chi connectivity index (χ1v) is 6.90. The van der Waals surface area contributed by atoms with Gasteiger partial charge < -0.3 is 13.9 Å². The molecule has 1 aromatic carbocycles. The van der Waals surface area contributed by atoms with Crippen LogP contribution in [-0.2, 0) is 9.53 Å². The van der Waals surface area contributed by atoms with E-state index in [2.05, 4.69) is 0 Å². The predicted octanol–water partition coefficient (Wildman–Crippen LogP) is 3.77. The number of para-hydroxylation sites is 1. The van der Waals surface area contributed by atoms with E-state index < -0.39 is 6.10 Å². The summed E-state index contributed by atoms with van der Waals surface area (Å²) in [5.74, 6) is 1.10. The Morgan fingerprint density at radius 2 is 2.05 bits per heavy atom. The summed E-state index contributed by atoms with van der Waals surface area (Å²) in [5.41, 5.74) is 1.78. The Hall–Kier alpha value is -1.97. The molecule has 0 saturated heterocycles. The molecule has 0 N–H and O–H groups in total. The number of furan rings is 1. The van der Waals surface area contributed by atoms with Gasteiger partial charge in [0.2, 0.25) is 0 Å². The fourth-order valence-corrected chi connectivity index (χ4v) is 2.12. The maximum Gasteiger partial charge on any atom is 0.347 e. The Morgan fingerprint density at radius 1 is 1.30 bits per heavy atom. The zero-order chi connectivity index (χ0) is 14.7. The van der Waals surface area contributed by atoms with E-state index >= 15 is 0 Å². The average Bonchev–Trinajstić information content (AvgIpc) is 2.73. The van der Waals surface area contributed by atoms with Crippen LogP contribution in [0, 0.1) is 13.8 Å². The van der Waals surface area contributed by atoms with Crippen molar-refractivity contribution < 1.29 is 18.7 Å². The standard InChI is InChI=1S/C16H20O4/c1-5-13(16(17)18-6-2)20-14-9-7-8-12-10(3)11(4)19-15(12)14/h7-9,13H,5-6H2,1-4H3. The molecule has 0 bridgehead atoms. The largest absolute Gasteiger partial charge is 0.475 e. The summed E-state index contributed by atoms with van der Waals surface area (Å²) in [5, 5.41) is 1.01. The van der Waals surface area contributed by atoms with Gasteiger partial charge in [0.25, 0.3) is 0 Å². The minimum absolute atomic E-state index is 0.341. The number of hydrogen-bond acceptors (Lipinski definition) is 4. The van der Waals surface area contributed by atoms with Crippen LogP contribution in [0.1, 0.15) is 31.6 Å². The Balaban J connectivity index is 2.33. The van der Waals surface area contributed by atoms with E-state index in [9.17, 15) is 4.79 Å². The maximum absolute atomic E-state index is 11.8. The molecule has 0 spiro atoms. The first-order valence-electron chi connectivity index (χ1n) is 6.90. The first-order chi connectivity index (χ1) is 9.58. The van der Waals surface area contributed by atoms with Crippen LogP contribution in [0.2, 0.25) is 0 Å². The summed E-state index contributed by atoms with van der Waals surface area (Å²) >= 11 is 0. The lowest BCUT2D eigenvalue weighted by molar-refractivity contribution is -0.151. The van der Waals surface area contributed by atoms with Crippen LogP contribution < -0.4 is 4.74 Å². The smallest absolute Gasteiger partial charge is 0.347 e. The molecule has 1 heterocycles. The zero-order valence-electron chi connectivity index (χ0n) is 12.4. The molecule has 1 atom stereocenters. The van der Waals surface area contributed by atoms with Crippen molar-refractivity contribution in [2.24, 2.45) is 0 Å². The van der Waals surface area contributed by atoms with E-state index in [4.69, 9.17) is 13.9 Å². The van der Waals surface area contributed by atoms with E-state index in [-0.39, 0.29) is 5.97 Å². The number of hydrogen-bond donors (Lipinski definition) is 0. The minimum atomic E-state index is -0.605. The van der Waals surface area contributed by atoms with Gasteiger partial charge in [-0.15, -0.1) is 0 Å². The summed E-state index contributed by atoms with van der Waals surface area (Å²) < 4.78 is 16.5. The summed E-state index contributed by atoms with van der Waals surface area (Å²) in [4.78, 5) is 11.8. The van der Waals surface area contributed by atoms with Gasteiger partial charge in [-0.05, 0) is 38.8 Å². The highest BCUT2D eigenvalue weighted by atomic mass is 16.6. The lowest BCUT2D eigenvalue weighted by Crippen LogP contribution is -2.28. The van der Waals surface area contributed by atoms with Crippen molar-refractivity contribution in [2.75, 3.05) is 6.61 Å². The molecule has 0 saturated carbocycles. The maximum atomic E-state index is 11.8. The van der Waals surface area contributed by atoms with Gasteiger partial charge in [0, 0.05) is 5.39 Å². The highest BCUT2D eigenvalue weighted by Gasteiger charge is 2.22. The molecule has 20 heavy (non-hydrogen) atoms. The number of benzene rings is 1. The minimum Gasteiger partial charge on any atom is -0.475 e. The van der Waals surface area contributed by atoms with E-state index in [0.717, 1.165) is 16.7 Å². The van der Waals surface area contributed by atoms with Crippen molar-refractivity contribution in [3.8, 4) is 5.75 Å². The summed E-state index contributed by atoms with van der Waals surface area (Å²) in [6.45, 7) is 7.95. The van der Waals surface area contributed by atoms with Crippen molar-refractivity contribution in [1.82, 2.24) is 0 Å². The van der Waals surface area contributed by atoms with Crippen molar-refractivity contribution in [1.29, 1.82) is 0 Å². The van der Waals surface area contributed by atoms with Crippen LogP contribution in [0.3, 0.4) is 0 Å². The lowest BCUT2D eigenvalue weighted by atomic mass is 10.1. The topological polar surface area (TPSA) is 48.7 Å². The van der Waals surface area contributed by atoms with Crippen LogP contribution in [0.4, 0.5) is 0 Å². The van der Waals surface area contributed by atoms with Gasteiger partial charge in [-0.25, -0.2) is 4.79 Å². The quantitative estimate of drug-likeness (QED) is 0.780. The van der Waals surface area contributed by atoms with Gasteiger partial charge in [-0.2, -0.15) is 0 Å². The number of aryl methyl sites for hydroxylation is 2. The third-order valence-corrected chi connectivity index (χ3v) is 3.36. The van der Waals surface area contributed by atoms with E-state index in [1.807, 2.05) is 39.0 Å². The molecule has 0 aliphatic heterocycles. The molecule has 0 fully saturated rings. The van der Waals surface area contributed by atoms with Crippen molar-refractivity contribution in [2.45, 2.75) is 40.2 Å². The average molecular weight is 276 g/mol. The Kier molecular flexibility index (Phi) is 4.32. The van der Waals surface area contributed by atoms with Crippen LogP contribution >= 0.6 is 0 Å². The summed E-state index contributed by atoms with van der Waals surface area (Å²) in [6.07, 6.45) is -0.0558. The van der Waals surface area contributed by atoms with Crippen molar-refractivity contribution >= 4 is 16.9 Å². The molecule has 1 unspecified atom stereocenters. The molecule has 0 radical (unpaired) electrons. The van der Waals surface area contributed by atoms with Crippen molar-refractivity contribution in [3.63, 3.8) is 0 Å². The molecule has 4 heteroatoms. The van der Waals surface area contributed by atoms with Gasteiger partial charge in [0.1, 0.15) is 5.76 Å². The van der Waals surface area contributed by atoms with Gasteiger partial charge >= 0.3 is 5.97 Å². The summed E-state index contributed by atoms with van der Waals surface area (Å²) in [6, 6.07) is 5.70. The number of fused-ring (bicyclic) bond motifs is 1. The second kappa shape index (κ2) is 5.99. The highest BCUT2D eigenvalue weighted by Crippen LogP contribution is 2.32. The SMILES string of the molecule is CCOC(=O)C(CC)Oc1cccc2c(C)c(C)oc12. The van der Waals surface area contributed by atoms with Gasteiger partial charge in [0.05, 0.1) is 6.61 Å². The second-order valence-electron chi connectivity index (χ2n) is 4.68. The predicted molar refractivity (Wildman–Crippen MR) is 77.0 cm³/mol. The van der Waals surface area contributed by atoms with E-state index in [0.29, 0.717) is 24.4 Å². The molecule has 2 rings (SSSR count). The number of esters is 1. The number of ether oxygens (including phenoxy) is 2. The van der Waals surface area contributed by atoms with Crippen LogP contribution in [0.5, 0.6) is 5.75 Å². The third kappa shape index (κ3) is 2.64. The zero-order valence-corrected chi connectivity index (χ0v) is 12.4. The highest BCUT2D eigenvalue weighted by molar-refractivity contribution is 5.87. The number of carbonyl (C=O) groups excluding carboxylic acids is 1. The van der Waals surface area contributed by atoms with Crippen LogP contribution in [-0.4, -0.2) is 18.7 Å².